The van der Waals surface area contributed by atoms with Crippen molar-refractivity contribution in [2.24, 2.45) is 11.7 Å². The van der Waals surface area contributed by atoms with E-state index in [1.54, 1.807) is 38.5 Å². The van der Waals surface area contributed by atoms with Crippen molar-refractivity contribution in [1.29, 1.82) is 0 Å². The van der Waals surface area contributed by atoms with Crippen LogP contribution in [0.25, 0.3) is 0 Å². The number of benzene rings is 1. The highest BCUT2D eigenvalue weighted by atomic mass is 16.5. The lowest BCUT2D eigenvalue weighted by atomic mass is 10.3. The molecular formula is C12H17N7O2. The van der Waals surface area contributed by atoms with Crippen LogP contribution in [0.15, 0.2) is 24.3 Å². The Balaban J connectivity index is 2.32. The van der Waals surface area contributed by atoms with E-state index in [1.807, 2.05) is 0 Å². The van der Waals surface area contributed by atoms with Gasteiger partial charge in [0.1, 0.15) is 23.1 Å². The topological polar surface area (TPSA) is 132 Å². The van der Waals surface area contributed by atoms with Crippen LogP contribution in [0.4, 0.5) is 23.3 Å². The van der Waals surface area contributed by atoms with Crippen LogP contribution in [0.3, 0.4) is 0 Å². The molecule has 1 aromatic carbocycles. The molecular weight excluding hydrogens is 274 g/mol. The molecule has 112 valence electrons. The van der Waals surface area contributed by atoms with Crippen LogP contribution in [0.1, 0.15) is 0 Å². The number of nitrogens with two attached hydrogens (primary N) is 2. The standard InChI is InChI=1S/C12H17N7O2/c1-20-8-3-7(4-9(5-8)21-2)15-12-16-10(18-13)6-11(17-12)19-14/h3-6H,13-14H2,1-2H3,(H3,15,16,17,18,19). The third-order valence-corrected chi connectivity index (χ3v) is 2.63. The minimum atomic E-state index is 0.314. The molecule has 0 amide bonds. The molecule has 7 N–H and O–H groups in total. The molecule has 0 saturated heterocycles. The number of aromatic nitrogens is 2. The fourth-order valence-corrected chi connectivity index (χ4v) is 1.66. The van der Waals surface area contributed by atoms with Gasteiger partial charge in [0.15, 0.2) is 0 Å². The highest BCUT2D eigenvalue weighted by Crippen LogP contribution is 2.27. The Kier molecular flexibility index (Phi) is 4.59. The smallest absolute Gasteiger partial charge is 0.231 e. The van der Waals surface area contributed by atoms with Gasteiger partial charge < -0.3 is 25.6 Å². The lowest BCUT2D eigenvalue weighted by molar-refractivity contribution is 0.395. The summed E-state index contributed by atoms with van der Waals surface area (Å²) < 4.78 is 10.4. The summed E-state index contributed by atoms with van der Waals surface area (Å²) in [7, 11) is 3.15. The SMILES string of the molecule is COc1cc(Nc2nc(NN)cc(NN)n2)cc(OC)c1. The Morgan fingerprint density at radius 1 is 0.857 bits per heavy atom. The molecule has 9 heteroatoms. The molecule has 0 saturated carbocycles. The largest absolute Gasteiger partial charge is 0.497 e. The normalized spacial score (nSPS) is 9.90. The van der Waals surface area contributed by atoms with Crippen molar-refractivity contribution in [3.05, 3.63) is 24.3 Å². The van der Waals surface area contributed by atoms with Crippen LogP contribution >= 0.6 is 0 Å². The van der Waals surface area contributed by atoms with Crippen LogP contribution in [0, 0.1) is 0 Å². The monoisotopic (exact) mass is 291 g/mol. The lowest BCUT2D eigenvalue weighted by Gasteiger charge is -2.11. The summed E-state index contributed by atoms with van der Waals surface area (Å²) in [6.45, 7) is 0. The zero-order valence-electron chi connectivity index (χ0n) is 11.7. The number of nitrogens with zero attached hydrogens (tertiary/aromatic N) is 2. The van der Waals surface area contributed by atoms with E-state index in [0.717, 1.165) is 0 Å². The number of nitrogen functional groups attached to an aromatic ring is 2. The van der Waals surface area contributed by atoms with Crippen molar-refractivity contribution >= 4 is 23.3 Å². The van der Waals surface area contributed by atoms with E-state index in [4.69, 9.17) is 21.2 Å². The zero-order valence-corrected chi connectivity index (χ0v) is 11.7. The summed E-state index contributed by atoms with van der Waals surface area (Å²) in [6, 6.07) is 6.89. The van der Waals surface area contributed by atoms with Crippen LogP contribution in [-0.2, 0) is 0 Å². The van der Waals surface area contributed by atoms with Gasteiger partial charge in [-0.15, -0.1) is 0 Å². The number of nitrogens with one attached hydrogen (secondary N) is 3. The highest BCUT2D eigenvalue weighted by molar-refractivity contribution is 5.62. The summed E-state index contributed by atoms with van der Waals surface area (Å²) >= 11 is 0. The number of methoxy groups -OCH3 is 2. The summed E-state index contributed by atoms with van der Waals surface area (Å²) in [4.78, 5) is 8.34. The van der Waals surface area contributed by atoms with Gasteiger partial charge in [-0.25, -0.2) is 11.7 Å². The van der Waals surface area contributed by atoms with E-state index in [1.165, 1.54) is 0 Å². The first kappa shape index (κ1) is 14.6. The number of anilines is 4. The average molecular weight is 291 g/mol. The first-order valence-corrected chi connectivity index (χ1v) is 6.01. The maximum atomic E-state index is 5.35. The Hall–Kier alpha value is -2.78. The Labute approximate surface area is 121 Å². The van der Waals surface area contributed by atoms with Crippen LogP contribution < -0.4 is 37.3 Å². The summed E-state index contributed by atoms with van der Waals surface area (Å²) in [5.74, 6) is 13.1. The predicted molar refractivity (Wildman–Crippen MR) is 80.5 cm³/mol. The first-order valence-electron chi connectivity index (χ1n) is 6.01. The molecule has 0 bridgehead atoms. The molecule has 1 heterocycles. The van der Waals surface area contributed by atoms with Crippen molar-refractivity contribution in [2.75, 3.05) is 30.4 Å². The van der Waals surface area contributed by atoms with Gasteiger partial charge in [0.2, 0.25) is 5.95 Å². The quantitative estimate of drug-likeness (QED) is 0.387. The van der Waals surface area contributed by atoms with Gasteiger partial charge in [0, 0.05) is 30.0 Å². The number of hydrogen-bond acceptors (Lipinski definition) is 9. The van der Waals surface area contributed by atoms with Gasteiger partial charge >= 0.3 is 0 Å². The number of ether oxygens (including phenoxy) is 2. The summed E-state index contributed by atoms with van der Waals surface area (Å²) in [5.41, 5.74) is 5.57. The molecule has 9 nitrogen and oxygen atoms in total. The van der Waals surface area contributed by atoms with E-state index in [0.29, 0.717) is 34.8 Å². The molecule has 0 fully saturated rings. The van der Waals surface area contributed by atoms with Crippen molar-refractivity contribution in [3.8, 4) is 11.5 Å². The minimum Gasteiger partial charge on any atom is -0.497 e. The molecule has 0 radical (unpaired) electrons. The molecule has 21 heavy (non-hydrogen) atoms. The second kappa shape index (κ2) is 6.59. The van der Waals surface area contributed by atoms with E-state index >= 15 is 0 Å². The number of hydrogen-bond donors (Lipinski definition) is 5. The van der Waals surface area contributed by atoms with E-state index in [2.05, 4.69) is 26.1 Å². The van der Waals surface area contributed by atoms with Gasteiger partial charge in [0.05, 0.1) is 14.2 Å². The van der Waals surface area contributed by atoms with Crippen molar-refractivity contribution in [3.63, 3.8) is 0 Å². The Morgan fingerprint density at radius 3 is 1.81 bits per heavy atom. The minimum absolute atomic E-state index is 0.314. The van der Waals surface area contributed by atoms with Crippen molar-refractivity contribution in [2.45, 2.75) is 0 Å². The molecule has 2 rings (SSSR count). The summed E-state index contributed by atoms with van der Waals surface area (Å²) in [5, 5.41) is 3.03. The van der Waals surface area contributed by atoms with Crippen molar-refractivity contribution in [1.82, 2.24) is 9.97 Å². The fraction of sp³-hybridized carbons (Fsp3) is 0.167. The van der Waals surface area contributed by atoms with E-state index in [-0.39, 0.29) is 0 Å². The second-order valence-electron chi connectivity index (χ2n) is 3.98. The maximum Gasteiger partial charge on any atom is 0.231 e. The Morgan fingerprint density at radius 2 is 1.38 bits per heavy atom. The molecule has 0 aliphatic carbocycles. The molecule has 0 atom stereocenters. The second-order valence-corrected chi connectivity index (χ2v) is 3.98. The first-order chi connectivity index (χ1) is 10.2. The van der Waals surface area contributed by atoms with Gasteiger partial charge in [0.25, 0.3) is 0 Å². The van der Waals surface area contributed by atoms with Crippen molar-refractivity contribution < 1.29 is 9.47 Å². The Bertz CT molecular complexity index is 523. The summed E-state index contributed by atoms with van der Waals surface area (Å²) in [6.07, 6.45) is 0. The maximum absolute atomic E-state index is 5.35. The van der Waals surface area contributed by atoms with E-state index < -0.39 is 0 Å². The third-order valence-electron chi connectivity index (χ3n) is 2.63. The fourth-order valence-electron chi connectivity index (χ4n) is 1.66. The molecule has 0 aliphatic rings. The molecule has 1 aromatic heterocycles. The number of rotatable bonds is 6. The molecule has 2 aromatic rings. The highest BCUT2D eigenvalue weighted by Gasteiger charge is 2.06. The van der Waals surface area contributed by atoms with Crippen LogP contribution in [0.5, 0.6) is 11.5 Å². The zero-order chi connectivity index (χ0) is 15.2. The predicted octanol–water partition coefficient (Wildman–Crippen LogP) is 0.809. The van der Waals surface area contributed by atoms with Crippen LogP contribution in [0.2, 0.25) is 0 Å². The van der Waals surface area contributed by atoms with Gasteiger partial charge in [-0.1, -0.05) is 0 Å². The van der Waals surface area contributed by atoms with Gasteiger partial charge in [-0.3, -0.25) is 0 Å². The van der Waals surface area contributed by atoms with Crippen LogP contribution in [-0.4, -0.2) is 24.2 Å². The van der Waals surface area contributed by atoms with Gasteiger partial charge in [-0.05, 0) is 0 Å². The number of hydrazine groups is 2. The average Bonchev–Trinajstić information content (AvgIpc) is 2.53. The molecule has 0 aliphatic heterocycles. The van der Waals surface area contributed by atoms with Gasteiger partial charge in [-0.2, -0.15) is 9.97 Å². The third kappa shape index (κ3) is 3.61. The molecule has 0 unspecified atom stereocenters. The molecule has 0 spiro atoms. The lowest BCUT2D eigenvalue weighted by Crippen LogP contribution is -2.14. The van der Waals surface area contributed by atoms with E-state index in [9.17, 15) is 0 Å².